The Kier molecular flexibility index (Phi) is 4.56. The molecule has 1 amide bonds. The van der Waals surface area contributed by atoms with E-state index in [1.165, 1.54) is 12.5 Å². The van der Waals surface area contributed by atoms with Crippen molar-refractivity contribution in [1.29, 1.82) is 0 Å². The molecule has 1 aliphatic rings. The van der Waals surface area contributed by atoms with Crippen LogP contribution in [-0.4, -0.2) is 42.5 Å². The fourth-order valence-electron chi connectivity index (χ4n) is 2.76. The molecule has 0 aliphatic carbocycles. The summed E-state index contributed by atoms with van der Waals surface area (Å²) in [5, 5.41) is 7.50. The van der Waals surface area contributed by atoms with E-state index < -0.39 is 0 Å². The lowest BCUT2D eigenvalue weighted by atomic mass is 10.0. The Hall–Kier alpha value is -2.02. The maximum absolute atomic E-state index is 12.8. The van der Waals surface area contributed by atoms with Gasteiger partial charge in [0.2, 0.25) is 0 Å². The first kappa shape index (κ1) is 15.9. The lowest BCUT2D eigenvalue weighted by Crippen LogP contribution is -2.39. The molecular weight excluding hydrogens is 316 g/mol. The van der Waals surface area contributed by atoms with Gasteiger partial charge in [0.25, 0.3) is 5.91 Å². The van der Waals surface area contributed by atoms with Gasteiger partial charge in [0, 0.05) is 18.7 Å². The second-order valence-electron chi connectivity index (χ2n) is 5.96. The number of halogens is 1. The Morgan fingerprint density at radius 1 is 1.43 bits per heavy atom. The molecule has 3 rings (SSSR count). The minimum absolute atomic E-state index is 0.123. The van der Waals surface area contributed by atoms with Crippen LogP contribution in [0.15, 0.2) is 12.5 Å². The molecule has 7 nitrogen and oxygen atoms in total. The van der Waals surface area contributed by atoms with E-state index in [-0.39, 0.29) is 28.6 Å². The summed E-state index contributed by atoms with van der Waals surface area (Å²) in [4.78, 5) is 27.0. The fraction of sp³-hybridized carbons (Fsp3) is 0.533. The van der Waals surface area contributed by atoms with E-state index in [1.54, 1.807) is 4.90 Å². The maximum Gasteiger partial charge on any atom is 0.274 e. The highest BCUT2D eigenvalue weighted by atomic mass is 35.5. The van der Waals surface area contributed by atoms with Crippen LogP contribution in [0.2, 0.25) is 5.02 Å². The number of carbonyl (C=O) groups excluding carboxylic acids is 1. The van der Waals surface area contributed by atoms with Crippen LogP contribution >= 0.6 is 11.6 Å². The number of aromatic nitrogens is 5. The van der Waals surface area contributed by atoms with Crippen molar-refractivity contribution in [2.24, 2.45) is 0 Å². The first-order valence-electron chi connectivity index (χ1n) is 7.76. The smallest absolute Gasteiger partial charge is 0.274 e. The van der Waals surface area contributed by atoms with Crippen LogP contribution in [0, 0.1) is 0 Å². The summed E-state index contributed by atoms with van der Waals surface area (Å²) in [6.45, 7) is 4.73. The Morgan fingerprint density at radius 3 is 2.96 bits per heavy atom. The zero-order valence-corrected chi connectivity index (χ0v) is 13.9. The lowest BCUT2D eigenvalue weighted by Gasteiger charge is -2.34. The standard InChI is InChI=1S/C15H19ClN6O/c1-9(2)13-19-14(21-20-13)11-5-3-4-6-22(11)15(23)12-10(16)7-17-8-18-12/h7-9,11H,3-6H2,1-2H3,(H,19,20,21). The van der Waals surface area contributed by atoms with Crippen LogP contribution < -0.4 is 0 Å². The van der Waals surface area contributed by atoms with E-state index in [0.717, 1.165) is 30.9 Å². The number of likely N-dealkylation sites (tertiary alicyclic amines) is 1. The summed E-state index contributed by atoms with van der Waals surface area (Å²) in [5.74, 6) is 1.54. The number of nitrogens with zero attached hydrogens (tertiary/aromatic N) is 5. The van der Waals surface area contributed by atoms with E-state index >= 15 is 0 Å². The normalized spacial score (nSPS) is 18.4. The van der Waals surface area contributed by atoms with Gasteiger partial charge >= 0.3 is 0 Å². The number of hydrogen-bond acceptors (Lipinski definition) is 5. The summed E-state index contributed by atoms with van der Waals surface area (Å²) in [6, 6.07) is -0.123. The molecule has 0 radical (unpaired) electrons. The van der Waals surface area contributed by atoms with Gasteiger partial charge in [0.05, 0.1) is 11.1 Å². The Bertz CT molecular complexity index is 701. The van der Waals surface area contributed by atoms with Crippen LogP contribution in [0.25, 0.3) is 0 Å². The third-order valence-electron chi connectivity index (χ3n) is 3.99. The fourth-order valence-corrected chi connectivity index (χ4v) is 2.95. The van der Waals surface area contributed by atoms with Crippen molar-refractivity contribution in [3.63, 3.8) is 0 Å². The number of amides is 1. The molecule has 3 heterocycles. The number of carbonyl (C=O) groups is 1. The van der Waals surface area contributed by atoms with Crippen molar-refractivity contribution in [3.05, 3.63) is 34.9 Å². The van der Waals surface area contributed by atoms with Crippen LogP contribution in [-0.2, 0) is 0 Å². The van der Waals surface area contributed by atoms with Crippen molar-refractivity contribution >= 4 is 17.5 Å². The number of aromatic amines is 1. The van der Waals surface area contributed by atoms with Gasteiger partial charge < -0.3 is 4.90 Å². The predicted molar refractivity (Wildman–Crippen MR) is 85.1 cm³/mol. The van der Waals surface area contributed by atoms with Gasteiger partial charge in [-0.05, 0) is 19.3 Å². The first-order chi connectivity index (χ1) is 11.1. The van der Waals surface area contributed by atoms with Crippen molar-refractivity contribution in [1.82, 2.24) is 30.0 Å². The minimum Gasteiger partial charge on any atom is -0.327 e. The van der Waals surface area contributed by atoms with Gasteiger partial charge in [-0.3, -0.25) is 9.89 Å². The molecular formula is C15H19ClN6O. The zero-order valence-electron chi connectivity index (χ0n) is 13.2. The van der Waals surface area contributed by atoms with Crippen molar-refractivity contribution in [2.45, 2.75) is 45.1 Å². The second kappa shape index (κ2) is 6.62. The maximum atomic E-state index is 12.8. The van der Waals surface area contributed by atoms with Crippen LogP contribution in [0.3, 0.4) is 0 Å². The Morgan fingerprint density at radius 2 is 2.26 bits per heavy atom. The van der Waals surface area contributed by atoms with Crippen LogP contribution in [0.1, 0.15) is 67.2 Å². The molecule has 1 N–H and O–H groups in total. The summed E-state index contributed by atoms with van der Waals surface area (Å²) in [5.41, 5.74) is 0.233. The molecule has 0 spiro atoms. The highest BCUT2D eigenvalue weighted by molar-refractivity contribution is 6.33. The van der Waals surface area contributed by atoms with Gasteiger partial charge in [-0.25, -0.2) is 15.0 Å². The lowest BCUT2D eigenvalue weighted by molar-refractivity contribution is 0.0594. The number of piperidine rings is 1. The summed E-state index contributed by atoms with van der Waals surface area (Å²) in [6.07, 6.45) is 5.62. The van der Waals surface area contributed by atoms with Crippen molar-refractivity contribution < 1.29 is 4.79 Å². The summed E-state index contributed by atoms with van der Waals surface area (Å²) >= 11 is 6.07. The predicted octanol–water partition coefficient (Wildman–Crippen LogP) is 2.74. The SMILES string of the molecule is CC(C)c1n[nH]c(C2CCCCN2C(=O)c2ncncc2Cl)n1. The molecule has 1 saturated heterocycles. The highest BCUT2D eigenvalue weighted by Gasteiger charge is 2.32. The van der Waals surface area contributed by atoms with Crippen molar-refractivity contribution in [3.8, 4) is 0 Å². The first-order valence-corrected chi connectivity index (χ1v) is 8.14. The molecule has 8 heteroatoms. The van der Waals surface area contributed by atoms with Crippen LogP contribution in [0.5, 0.6) is 0 Å². The monoisotopic (exact) mass is 334 g/mol. The van der Waals surface area contributed by atoms with E-state index in [2.05, 4.69) is 25.1 Å². The van der Waals surface area contributed by atoms with Gasteiger partial charge in [-0.15, -0.1) is 0 Å². The molecule has 23 heavy (non-hydrogen) atoms. The third-order valence-corrected chi connectivity index (χ3v) is 4.26. The summed E-state index contributed by atoms with van der Waals surface area (Å²) in [7, 11) is 0. The number of nitrogens with one attached hydrogen (secondary N) is 1. The Balaban J connectivity index is 1.89. The topological polar surface area (TPSA) is 87.7 Å². The average molecular weight is 335 g/mol. The molecule has 1 aliphatic heterocycles. The van der Waals surface area contributed by atoms with E-state index in [0.29, 0.717) is 6.54 Å². The molecule has 1 fully saturated rings. The average Bonchev–Trinajstić information content (AvgIpc) is 3.05. The molecule has 0 saturated carbocycles. The zero-order chi connectivity index (χ0) is 16.4. The van der Waals surface area contributed by atoms with E-state index in [1.807, 2.05) is 13.8 Å². The molecule has 2 aromatic heterocycles. The third kappa shape index (κ3) is 3.19. The van der Waals surface area contributed by atoms with Crippen LogP contribution in [0.4, 0.5) is 0 Å². The summed E-state index contributed by atoms with van der Waals surface area (Å²) < 4.78 is 0. The molecule has 0 bridgehead atoms. The molecule has 2 aromatic rings. The van der Waals surface area contributed by atoms with Gasteiger partial charge in [0.1, 0.15) is 17.8 Å². The number of rotatable bonds is 3. The second-order valence-corrected chi connectivity index (χ2v) is 6.37. The van der Waals surface area contributed by atoms with E-state index in [9.17, 15) is 4.79 Å². The Labute approximate surface area is 139 Å². The molecule has 0 aromatic carbocycles. The quantitative estimate of drug-likeness (QED) is 0.932. The van der Waals surface area contributed by atoms with Gasteiger partial charge in [-0.1, -0.05) is 25.4 Å². The largest absolute Gasteiger partial charge is 0.327 e. The molecule has 122 valence electrons. The van der Waals surface area contributed by atoms with E-state index in [4.69, 9.17) is 11.6 Å². The number of H-pyrrole nitrogens is 1. The molecule has 1 atom stereocenters. The van der Waals surface area contributed by atoms with Crippen molar-refractivity contribution in [2.75, 3.05) is 6.54 Å². The highest BCUT2D eigenvalue weighted by Crippen LogP contribution is 2.31. The molecule has 1 unspecified atom stereocenters. The van der Waals surface area contributed by atoms with Gasteiger partial charge in [-0.2, -0.15) is 5.10 Å². The number of hydrogen-bond donors (Lipinski definition) is 1. The minimum atomic E-state index is -0.190. The van der Waals surface area contributed by atoms with Gasteiger partial charge in [0.15, 0.2) is 5.82 Å².